The second-order valence-corrected chi connectivity index (χ2v) is 3.20. The summed E-state index contributed by atoms with van der Waals surface area (Å²) in [5.41, 5.74) is 9.90. The number of aliphatic hydroxyl groups excluding tert-OH is 3. The lowest BCUT2D eigenvalue weighted by atomic mass is 9.81. The van der Waals surface area contributed by atoms with E-state index < -0.39 is 36.3 Å². The van der Waals surface area contributed by atoms with Gasteiger partial charge in [-0.05, 0) is 0 Å². The molecular weight excluding hydrogens is 186 g/mol. The molecule has 0 aliphatic heterocycles. The molecular formula is C6H12F2N2O3. The maximum absolute atomic E-state index is 13.0. The highest BCUT2D eigenvalue weighted by molar-refractivity contribution is 5.07. The molecule has 13 heavy (non-hydrogen) atoms. The van der Waals surface area contributed by atoms with Gasteiger partial charge in [0, 0.05) is 0 Å². The number of halogens is 2. The molecule has 1 saturated carbocycles. The molecule has 0 amide bonds. The van der Waals surface area contributed by atoms with Gasteiger partial charge in [0.15, 0.2) is 0 Å². The van der Waals surface area contributed by atoms with E-state index in [1.54, 1.807) is 0 Å². The Labute approximate surface area is 73.0 Å². The van der Waals surface area contributed by atoms with Crippen LogP contribution in [0.2, 0.25) is 0 Å². The van der Waals surface area contributed by atoms with Gasteiger partial charge >= 0.3 is 0 Å². The van der Waals surface area contributed by atoms with E-state index in [9.17, 15) is 8.78 Å². The minimum Gasteiger partial charge on any atom is -0.388 e. The third-order valence-corrected chi connectivity index (χ3v) is 2.32. The molecule has 7 heteroatoms. The molecule has 1 fully saturated rings. The summed E-state index contributed by atoms with van der Waals surface area (Å²) in [5, 5.41) is 27.0. The summed E-state index contributed by atoms with van der Waals surface area (Å²) in [6, 6.07) is -3.92. The van der Waals surface area contributed by atoms with E-state index in [0.29, 0.717) is 0 Å². The Balaban J connectivity index is 2.93. The topological polar surface area (TPSA) is 113 Å². The number of hydrogen-bond donors (Lipinski definition) is 5. The standard InChI is InChI=1S/C6H12F2N2O3/c7-6(8)4(9)2(12)1(11)3(13)5(6)10/h1-5,11-13H,9-10H2/t1?,2-,3?,4?,5?/m0/s1. The quantitative estimate of drug-likeness (QED) is 0.292. The zero-order valence-electron chi connectivity index (χ0n) is 6.64. The third kappa shape index (κ3) is 1.42. The van der Waals surface area contributed by atoms with Gasteiger partial charge in [0.1, 0.15) is 18.3 Å². The lowest BCUT2D eigenvalue weighted by Gasteiger charge is -2.42. The molecule has 0 aromatic heterocycles. The summed E-state index contributed by atoms with van der Waals surface area (Å²) in [7, 11) is 0. The zero-order chi connectivity index (χ0) is 10.4. The maximum atomic E-state index is 13.0. The molecule has 0 aromatic rings. The smallest absolute Gasteiger partial charge is 0.282 e. The highest BCUT2D eigenvalue weighted by Crippen LogP contribution is 2.32. The fraction of sp³-hybridized carbons (Fsp3) is 1.00. The van der Waals surface area contributed by atoms with Crippen LogP contribution in [0.1, 0.15) is 0 Å². The average molecular weight is 198 g/mol. The molecule has 0 aromatic carbocycles. The van der Waals surface area contributed by atoms with Crippen molar-refractivity contribution in [3.8, 4) is 0 Å². The first-order chi connectivity index (χ1) is 5.80. The molecule has 0 radical (unpaired) electrons. The molecule has 0 bridgehead atoms. The van der Waals surface area contributed by atoms with E-state index in [2.05, 4.69) is 0 Å². The van der Waals surface area contributed by atoms with Crippen molar-refractivity contribution in [2.45, 2.75) is 36.3 Å². The summed E-state index contributed by atoms with van der Waals surface area (Å²) in [6.07, 6.45) is -5.47. The molecule has 5 nitrogen and oxygen atoms in total. The molecule has 0 spiro atoms. The predicted molar refractivity (Wildman–Crippen MR) is 38.9 cm³/mol. The van der Waals surface area contributed by atoms with Crippen molar-refractivity contribution in [1.29, 1.82) is 0 Å². The van der Waals surface area contributed by atoms with Gasteiger partial charge < -0.3 is 26.8 Å². The Morgan fingerprint density at radius 3 is 1.46 bits per heavy atom. The number of alkyl halides is 2. The maximum Gasteiger partial charge on any atom is 0.282 e. The van der Waals surface area contributed by atoms with Crippen molar-refractivity contribution in [3.05, 3.63) is 0 Å². The van der Waals surface area contributed by atoms with Crippen LogP contribution in [0, 0.1) is 0 Å². The molecule has 78 valence electrons. The number of rotatable bonds is 0. The van der Waals surface area contributed by atoms with Crippen molar-refractivity contribution in [2.24, 2.45) is 11.5 Å². The van der Waals surface area contributed by atoms with E-state index in [4.69, 9.17) is 26.8 Å². The zero-order valence-corrected chi connectivity index (χ0v) is 6.64. The predicted octanol–water partition coefficient (Wildman–Crippen LogP) is -2.63. The fourth-order valence-corrected chi connectivity index (χ4v) is 1.30. The van der Waals surface area contributed by atoms with Crippen LogP contribution in [0.3, 0.4) is 0 Å². The normalized spacial score (nSPS) is 50.5. The second-order valence-electron chi connectivity index (χ2n) is 3.20. The minimum atomic E-state index is -3.59. The van der Waals surface area contributed by atoms with Gasteiger partial charge in [-0.15, -0.1) is 0 Å². The first-order valence-electron chi connectivity index (χ1n) is 3.73. The van der Waals surface area contributed by atoms with Gasteiger partial charge in [0.05, 0.1) is 12.1 Å². The Morgan fingerprint density at radius 2 is 1.15 bits per heavy atom. The van der Waals surface area contributed by atoms with Crippen molar-refractivity contribution in [2.75, 3.05) is 0 Å². The molecule has 1 aliphatic rings. The molecule has 0 heterocycles. The molecule has 1 rings (SSSR count). The average Bonchev–Trinajstić information content (AvgIpc) is 2.09. The first-order valence-corrected chi connectivity index (χ1v) is 3.73. The summed E-state index contributed by atoms with van der Waals surface area (Å²) in [6.45, 7) is 0. The number of hydrogen-bond acceptors (Lipinski definition) is 5. The van der Waals surface area contributed by atoms with Gasteiger partial charge in [-0.25, -0.2) is 8.78 Å². The van der Waals surface area contributed by atoms with Crippen LogP contribution in [0.25, 0.3) is 0 Å². The van der Waals surface area contributed by atoms with Crippen molar-refractivity contribution >= 4 is 0 Å². The Kier molecular flexibility index (Phi) is 2.56. The van der Waals surface area contributed by atoms with E-state index in [0.717, 1.165) is 0 Å². The number of nitrogens with two attached hydrogens (primary N) is 2. The highest BCUT2D eigenvalue weighted by atomic mass is 19.3. The lowest BCUT2D eigenvalue weighted by Crippen LogP contribution is -2.72. The van der Waals surface area contributed by atoms with Crippen LogP contribution in [0.5, 0.6) is 0 Å². The van der Waals surface area contributed by atoms with E-state index in [1.165, 1.54) is 0 Å². The van der Waals surface area contributed by atoms with Crippen LogP contribution in [0.4, 0.5) is 8.78 Å². The number of aliphatic hydroxyl groups is 3. The summed E-state index contributed by atoms with van der Waals surface area (Å²) < 4.78 is 26.0. The van der Waals surface area contributed by atoms with Crippen molar-refractivity contribution in [3.63, 3.8) is 0 Å². The van der Waals surface area contributed by atoms with Gasteiger partial charge in [-0.1, -0.05) is 0 Å². The van der Waals surface area contributed by atoms with E-state index in [-0.39, 0.29) is 0 Å². The summed E-state index contributed by atoms with van der Waals surface area (Å²) in [5.74, 6) is -3.59. The lowest BCUT2D eigenvalue weighted by molar-refractivity contribution is -0.195. The SMILES string of the molecule is NC1C(O)C(O)[C@H](O)C(N)C1(F)F. The first kappa shape index (κ1) is 10.7. The Morgan fingerprint density at radius 1 is 0.846 bits per heavy atom. The second kappa shape index (κ2) is 3.10. The molecule has 7 N–H and O–H groups in total. The van der Waals surface area contributed by atoms with Gasteiger partial charge in [0.25, 0.3) is 5.92 Å². The van der Waals surface area contributed by atoms with Gasteiger partial charge in [-0.2, -0.15) is 0 Å². The van der Waals surface area contributed by atoms with E-state index in [1.807, 2.05) is 0 Å². The van der Waals surface area contributed by atoms with Gasteiger partial charge in [-0.3, -0.25) is 0 Å². The molecule has 5 atom stereocenters. The highest BCUT2D eigenvalue weighted by Gasteiger charge is 2.58. The molecule has 0 saturated heterocycles. The van der Waals surface area contributed by atoms with E-state index >= 15 is 0 Å². The van der Waals surface area contributed by atoms with Gasteiger partial charge in [0.2, 0.25) is 0 Å². The Hall–Kier alpha value is -0.340. The molecule has 1 aliphatic carbocycles. The Bertz CT molecular complexity index is 186. The summed E-state index contributed by atoms with van der Waals surface area (Å²) >= 11 is 0. The largest absolute Gasteiger partial charge is 0.388 e. The fourth-order valence-electron chi connectivity index (χ4n) is 1.30. The van der Waals surface area contributed by atoms with Crippen molar-refractivity contribution < 1.29 is 24.1 Å². The third-order valence-electron chi connectivity index (χ3n) is 2.32. The molecule has 4 unspecified atom stereocenters. The van der Waals surface area contributed by atoms with Crippen LogP contribution >= 0.6 is 0 Å². The monoisotopic (exact) mass is 198 g/mol. The van der Waals surface area contributed by atoms with Crippen LogP contribution in [-0.2, 0) is 0 Å². The van der Waals surface area contributed by atoms with Crippen LogP contribution in [-0.4, -0.2) is 51.6 Å². The minimum absolute atomic E-state index is 1.73. The van der Waals surface area contributed by atoms with Crippen LogP contribution < -0.4 is 11.5 Å². The van der Waals surface area contributed by atoms with Crippen molar-refractivity contribution in [1.82, 2.24) is 0 Å². The summed E-state index contributed by atoms with van der Waals surface area (Å²) in [4.78, 5) is 0. The van der Waals surface area contributed by atoms with Crippen LogP contribution in [0.15, 0.2) is 0 Å².